The van der Waals surface area contributed by atoms with Gasteiger partial charge in [0.1, 0.15) is 0 Å². The van der Waals surface area contributed by atoms with E-state index in [4.69, 9.17) is 11.6 Å². The number of aromatic nitrogens is 2. The maximum Gasteiger partial charge on any atom is 0.272 e. The molecular weight excluding hydrogens is 324 g/mol. The molecule has 6 heteroatoms. The molecule has 1 amide bonds. The maximum absolute atomic E-state index is 12.3. The van der Waals surface area contributed by atoms with E-state index in [2.05, 4.69) is 27.2 Å². The molecule has 3 rings (SSSR count). The number of aromatic amines is 1. The van der Waals surface area contributed by atoms with Gasteiger partial charge >= 0.3 is 0 Å². The predicted octanol–water partition coefficient (Wildman–Crippen LogP) is 3.89. The number of hydrogen-bond acceptors (Lipinski definition) is 3. The summed E-state index contributed by atoms with van der Waals surface area (Å²) in [5.74, 6) is 0.494. The first-order valence-corrected chi connectivity index (χ1v) is 8.23. The van der Waals surface area contributed by atoms with Crippen LogP contribution in [0.15, 0.2) is 40.5 Å². The van der Waals surface area contributed by atoms with Crippen molar-refractivity contribution in [3.63, 3.8) is 0 Å². The van der Waals surface area contributed by atoms with E-state index in [9.17, 15) is 4.79 Å². The van der Waals surface area contributed by atoms with E-state index in [1.54, 1.807) is 0 Å². The van der Waals surface area contributed by atoms with Crippen LogP contribution in [0, 0.1) is 5.92 Å². The molecule has 5 nitrogen and oxygen atoms in total. The van der Waals surface area contributed by atoms with Gasteiger partial charge in [0.2, 0.25) is 0 Å². The zero-order chi connectivity index (χ0) is 17.1. The number of carbonyl (C=O) groups excluding carboxylic acids is 1. The molecule has 1 aromatic heterocycles. The van der Waals surface area contributed by atoms with Gasteiger partial charge in [0.15, 0.2) is 5.69 Å². The summed E-state index contributed by atoms with van der Waals surface area (Å²) < 4.78 is 0. The second-order valence-electron chi connectivity index (χ2n) is 6.01. The SMILES string of the molecule is C=N/C=C(Cl)\C=C(/C)c1ccc2[nH]nc(C(=O)NCC3CC3)c2c1. The molecule has 1 aromatic carbocycles. The van der Waals surface area contributed by atoms with Gasteiger partial charge in [-0.15, -0.1) is 0 Å². The topological polar surface area (TPSA) is 70.1 Å². The van der Waals surface area contributed by atoms with Crippen molar-refractivity contribution in [3.8, 4) is 0 Å². The van der Waals surface area contributed by atoms with Crippen LogP contribution in [0.4, 0.5) is 0 Å². The highest BCUT2D eigenvalue weighted by Gasteiger charge is 2.23. The molecule has 1 aliphatic carbocycles. The standard InChI is InChI=1S/C18H19ClN4O/c1-11(7-14(19)10-20-2)13-5-6-16-15(8-13)17(23-22-16)18(24)21-9-12-3-4-12/h5-8,10,12H,2-4,9H2,1H3,(H,21,24)(H,22,23)/b11-7+,14-10+. The monoisotopic (exact) mass is 342 g/mol. The van der Waals surface area contributed by atoms with Crippen LogP contribution in [0.1, 0.15) is 35.8 Å². The van der Waals surface area contributed by atoms with Crippen molar-refractivity contribution >= 4 is 40.7 Å². The molecule has 0 bridgehead atoms. The normalized spacial score (nSPS) is 15.6. The van der Waals surface area contributed by atoms with Crippen LogP contribution in [0.25, 0.3) is 16.5 Å². The lowest BCUT2D eigenvalue weighted by molar-refractivity contribution is 0.0948. The number of halogens is 1. The highest BCUT2D eigenvalue weighted by molar-refractivity contribution is 6.31. The van der Waals surface area contributed by atoms with Gasteiger partial charge in [-0.25, -0.2) is 0 Å². The van der Waals surface area contributed by atoms with Crippen LogP contribution in [-0.4, -0.2) is 29.4 Å². The van der Waals surface area contributed by atoms with Crippen molar-refractivity contribution in [1.29, 1.82) is 0 Å². The quantitative estimate of drug-likeness (QED) is 0.617. The number of aliphatic imine (C=N–C) groups is 1. The Morgan fingerprint density at radius 3 is 3.04 bits per heavy atom. The Kier molecular flexibility index (Phi) is 4.81. The van der Waals surface area contributed by atoms with E-state index < -0.39 is 0 Å². The summed E-state index contributed by atoms with van der Waals surface area (Å²) in [6.07, 6.45) is 5.69. The Balaban J connectivity index is 1.88. The molecule has 0 unspecified atom stereocenters. The minimum Gasteiger partial charge on any atom is -0.350 e. The van der Waals surface area contributed by atoms with Crippen LogP contribution in [0.3, 0.4) is 0 Å². The van der Waals surface area contributed by atoms with Crippen LogP contribution in [-0.2, 0) is 0 Å². The molecule has 0 aliphatic heterocycles. The molecule has 0 saturated heterocycles. The lowest BCUT2D eigenvalue weighted by atomic mass is 10.0. The molecule has 0 atom stereocenters. The molecule has 2 aromatic rings. The Hall–Kier alpha value is -2.40. The number of nitrogens with one attached hydrogen (secondary N) is 2. The number of allylic oxidation sites excluding steroid dienone is 3. The Morgan fingerprint density at radius 2 is 2.33 bits per heavy atom. The van der Waals surface area contributed by atoms with Crippen molar-refractivity contribution in [2.45, 2.75) is 19.8 Å². The van der Waals surface area contributed by atoms with Gasteiger partial charge in [-0.1, -0.05) is 17.7 Å². The van der Waals surface area contributed by atoms with E-state index in [0.29, 0.717) is 16.6 Å². The summed E-state index contributed by atoms with van der Waals surface area (Å²) in [6.45, 7) is 6.06. The lowest BCUT2D eigenvalue weighted by Gasteiger charge is -2.04. The van der Waals surface area contributed by atoms with Crippen molar-refractivity contribution in [1.82, 2.24) is 15.5 Å². The number of H-pyrrole nitrogens is 1. The van der Waals surface area contributed by atoms with Crippen molar-refractivity contribution in [3.05, 3.63) is 46.8 Å². The summed E-state index contributed by atoms with van der Waals surface area (Å²) in [6, 6.07) is 5.82. The maximum atomic E-state index is 12.3. The van der Waals surface area contributed by atoms with Crippen LogP contribution in [0.2, 0.25) is 0 Å². The number of fused-ring (bicyclic) bond motifs is 1. The fourth-order valence-electron chi connectivity index (χ4n) is 2.49. The molecule has 2 N–H and O–H groups in total. The minimum atomic E-state index is -0.138. The predicted molar refractivity (Wildman–Crippen MR) is 98.3 cm³/mol. The average molecular weight is 343 g/mol. The van der Waals surface area contributed by atoms with E-state index >= 15 is 0 Å². The van der Waals surface area contributed by atoms with Gasteiger partial charge in [0.25, 0.3) is 5.91 Å². The van der Waals surface area contributed by atoms with Gasteiger partial charge < -0.3 is 5.32 Å². The van der Waals surface area contributed by atoms with Gasteiger partial charge in [-0.2, -0.15) is 5.10 Å². The largest absolute Gasteiger partial charge is 0.350 e. The van der Waals surface area contributed by atoms with E-state index in [1.807, 2.05) is 31.2 Å². The Bertz CT molecular complexity index is 846. The third-order valence-electron chi connectivity index (χ3n) is 4.05. The molecule has 1 saturated carbocycles. The number of nitrogens with zero attached hydrogens (tertiary/aromatic N) is 2. The molecule has 1 aliphatic rings. The summed E-state index contributed by atoms with van der Waals surface area (Å²) in [7, 11) is 0. The fourth-order valence-corrected chi connectivity index (χ4v) is 2.72. The highest BCUT2D eigenvalue weighted by Crippen LogP contribution is 2.28. The smallest absolute Gasteiger partial charge is 0.272 e. The molecule has 0 spiro atoms. The van der Waals surface area contributed by atoms with Crippen molar-refractivity contribution in [2.24, 2.45) is 10.9 Å². The lowest BCUT2D eigenvalue weighted by Crippen LogP contribution is -2.26. The molecule has 124 valence electrons. The average Bonchev–Trinajstić information content (AvgIpc) is 3.29. The van der Waals surface area contributed by atoms with Gasteiger partial charge in [0, 0.05) is 18.1 Å². The molecule has 24 heavy (non-hydrogen) atoms. The third kappa shape index (κ3) is 3.74. The third-order valence-corrected chi connectivity index (χ3v) is 4.26. The molecule has 1 heterocycles. The number of benzene rings is 1. The van der Waals surface area contributed by atoms with Gasteiger partial charge in [-0.05, 0) is 61.7 Å². The fraction of sp³-hybridized carbons (Fsp3) is 0.278. The van der Waals surface area contributed by atoms with E-state index in [1.165, 1.54) is 19.0 Å². The number of amides is 1. The number of carbonyl (C=O) groups is 1. The summed E-state index contributed by atoms with van der Waals surface area (Å²) in [5.41, 5.74) is 3.19. The second kappa shape index (κ2) is 7.01. The number of rotatable bonds is 6. The Morgan fingerprint density at radius 1 is 1.54 bits per heavy atom. The van der Waals surface area contributed by atoms with Crippen LogP contribution >= 0.6 is 11.6 Å². The summed E-state index contributed by atoms with van der Waals surface area (Å²) in [5, 5.41) is 11.3. The molecular formula is C18H19ClN4O. The highest BCUT2D eigenvalue weighted by atomic mass is 35.5. The zero-order valence-corrected chi connectivity index (χ0v) is 14.2. The van der Waals surface area contributed by atoms with Crippen molar-refractivity contribution < 1.29 is 4.79 Å². The summed E-state index contributed by atoms with van der Waals surface area (Å²) in [4.78, 5) is 16.0. The Labute approximate surface area is 145 Å². The van der Waals surface area contributed by atoms with Gasteiger partial charge in [-0.3, -0.25) is 14.9 Å². The number of hydrogen-bond donors (Lipinski definition) is 2. The van der Waals surface area contributed by atoms with Crippen LogP contribution < -0.4 is 5.32 Å². The zero-order valence-electron chi connectivity index (χ0n) is 13.5. The molecule has 0 radical (unpaired) electrons. The minimum absolute atomic E-state index is 0.138. The van der Waals surface area contributed by atoms with Crippen LogP contribution in [0.5, 0.6) is 0 Å². The second-order valence-corrected chi connectivity index (χ2v) is 6.45. The first-order chi connectivity index (χ1) is 11.6. The summed E-state index contributed by atoms with van der Waals surface area (Å²) >= 11 is 6.05. The first kappa shape index (κ1) is 16.5. The van der Waals surface area contributed by atoms with E-state index in [0.717, 1.165) is 28.6 Å². The first-order valence-electron chi connectivity index (χ1n) is 7.85. The van der Waals surface area contributed by atoms with Gasteiger partial charge in [0.05, 0.1) is 10.5 Å². The van der Waals surface area contributed by atoms with Crippen molar-refractivity contribution in [2.75, 3.05) is 6.54 Å². The van der Waals surface area contributed by atoms with E-state index in [-0.39, 0.29) is 5.91 Å². The molecule has 1 fully saturated rings.